The second-order valence-electron chi connectivity index (χ2n) is 6.83. The smallest absolute Gasteiger partial charge is 0.239 e. The van der Waals surface area contributed by atoms with E-state index in [0.29, 0.717) is 26.4 Å². The topological polar surface area (TPSA) is 68.0 Å². The normalized spacial score (nSPS) is 41.8. The van der Waals surface area contributed by atoms with E-state index >= 15 is 0 Å². The van der Waals surface area contributed by atoms with Crippen LogP contribution in [0.2, 0.25) is 0 Å². The van der Waals surface area contributed by atoms with E-state index in [4.69, 9.17) is 45.5 Å². The summed E-state index contributed by atoms with van der Waals surface area (Å²) in [6.45, 7) is 4.60. The van der Waals surface area contributed by atoms with Gasteiger partial charge in [0.15, 0.2) is 0 Å². The third-order valence-corrected chi connectivity index (χ3v) is 18.8. The first-order valence-electron chi connectivity index (χ1n) is 9.02. The first-order chi connectivity index (χ1) is 12.5. The fourth-order valence-corrected chi connectivity index (χ4v) is 19.5. The van der Waals surface area contributed by atoms with Crippen LogP contribution in [-0.2, 0) is 9.47 Å². The van der Waals surface area contributed by atoms with E-state index in [0.717, 1.165) is 52.4 Å². The molecule has 0 radical (unpaired) electrons. The summed E-state index contributed by atoms with van der Waals surface area (Å²) >= 11 is 14.5. The van der Waals surface area contributed by atoms with Crippen molar-refractivity contribution in [2.24, 2.45) is 13.5 Å². The van der Waals surface area contributed by atoms with E-state index in [9.17, 15) is 0 Å². The highest BCUT2D eigenvalue weighted by molar-refractivity contribution is 8.02. The molecule has 26 heavy (non-hydrogen) atoms. The van der Waals surface area contributed by atoms with Crippen LogP contribution in [-0.4, -0.2) is 97.5 Å². The highest BCUT2D eigenvalue weighted by Gasteiger charge is 2.52. The van der Waals surface area contributed by atoms with E-state index < -0.39 is 20.9 Å². The molecular formula is C12H24Cl2N7O2P3. The van der Waals surface area contributed by atoms with Crippen molar-refractivity contribution >= 4 is 43.4 Å². The van der Waals surface area contributed by atoms with Crippen molar-refractivity contribution in [1.82, 2.24) is 18.7 Å². The Morgan fingerprint density at radius 3 is 1.38 bits per heavy atom. The van der Waals surface area contributed by atoms with Crippen LogP contribution < -0.4 is 0 Å². The van der Waals surface area contributed by atoms with Crippen molar-refractivity contribution in [3.05, 3.63) is 0 Å². The van der Waals surface area contributed by atoms with Crippen LogP contribution in [0.25, 0.3) is 0 Å². The maximum absolute atomic E-state index is 7.23. The predicted molar refractivity (Wildman–Crippen MR) is 108 cm³/mol. The van der Waals surface area contributed by atoms with Gasteiger partial charge in [0.05, 0.1) is 26.4 Å². The molecular weight excluding hydrogens is 438 g/mol. The van der Waals surface area contributed by atoms with E-state index in [1.165, 1.54) is 0 Å². The molecule has 9 nitrogen and oxygen atoms in total. The van der Waals surface area contributed by atoms with Crippen LogP contribution >= 0.6 is 43.4 Å². The minimum atomic E-state index is -2.59. The Morgan fingerprint density at radius 2 is 0.962 bits per heavy atom. The van der Waals surface area contributed by atoms with Crippen LogP contribution in [0, 0.1) is 0 Å². The minimum absolute atomic E-state index is 0.667. The molecule has 5 aliphatic rings. The number of morpholine rings is 2. The number of hydrogen-bond acceptors (Lipinski definition) is 9. The summed E-state index contributed by atoms with van der Waals surface area (Å²) in [7, 11) is -2.20. The molecule has 0 bridgehead atoms. The molecule has 0 aromatic carbocycles. The van der Waals surface area contributed by atoms with Gasteiger partial charge in [-0.1, -0.05) is 0 Å². The van der Waals surface area contributed by atoms with Crippen molar-refractivity contribution in [1.29, 1.82) is 0 Å². The van der Waals surface area contributed by atoms with Crippen LogP contribution in [0.4, 0.5) is 0 Å². The summed E-state index contributed by atoms with van der Waals surface area (Å²) < 4.78 is 35.8. The van der Waals surface area contributed by atoms with Crippen LogP contribution in [0.5, 0.6) is 0 Å². The second-order valence-corrected chi connectivity index (χ2v) is 17.0. The Bertz CT molecular complexity index is 706. The highest BCUT2D eigenvalue weighted by Crippen LogP contribution is 2.86. The quantitative estimate of drug-likeness (QED) is 0.470. The fourth-order valence-electron chi connectivity index (χ4n) is 3.38. The number of ether oxygens (including phenoxy) is 2. The lowest BCUT2D eigenvalue weighted by Gasteiger charge is -2.41. The van der Waals surface area contributed by atoms with Gasteiger partial charge in [0, 0.05) is 52.4 Å². The van der Waals surface area contributed by atoms with Gasteiger partial charge in [-0.2, -0.15) is 13.5 Å². The van der Waals surface area contributed by atoms with Gasteiger partial charge < -0.3 is 9.47 Å². The molecule has 0 aliphatic carbocycles. The first-order valence-corrected chi connectivity index (χ1v) is 15.7. The Hall–Kier alpha value is 1.03. The summed E-state index contributed by atoms with van der Waals surface area (Å²) in [5.41, 5.74) is 0. The molecule has 0 amide bonds. The first kappa shape index (κ1) is 19.0. The van der Waals surface area contributed by atoms with Crippen molar-refractivity contribution in [3.63, 3.8) is 0 Å². The lowest BCUT2D eigenvalue weighted by Crippen LogP contribution is -2.34. The van der Waals surface area contributed by atoms with Crippen molar-refractivity contribution in [3.8, 4) is 0 Å². The van der Waals surface area contributed by atoms with Crippen LogP contribution in [0.1, 0.15) is 0 Å². The molecule has 4 saturated heterocycles. The third kappa shape index (κ3) is 3.42. The maximum atomic E-state index is 7.23. The average Bonchev–Trinajstić information content (AvgIpc) is 3.55. The fraction of sp³-hybridized carbons (Fsp3) is 1.00. The van der Waals surface area contributed by atoms with Gasteiger partial charge in [0.25, 0.3) is 0 Å². The van der Waals surface area contributed by atoms with Gasteiger partial charge in [-0.3, -0.25) is 0 Å². The van der Waals surface area contributed by atoms with E-state index in [1.807, 2.05) is 0 Å². The molecule has 148 valence electrons. The third-order valence-electron chi connectivity index (χ3n) is 5.00. The molecule has 0 N–H and O–H groups in total. The molecule has 0 aromatic heterocycles. The lowest BCUT2D eigenvalue weighted by molar-refractivity contribution is 0.0740. The van der Waals surface area contributed by atoms with Gasteiger partial charge in [-0.25, -0.2) is 18.7 Å². The predicted octanol–water partition coefficient (Wildman–Crippen LogP) is 3.61. The second kappa shape index (κ2) is 7.07. The lowest BCUT2D eigenvalue weighted by atomic mass is 10.5. The summed E-state index contributed by atoms with van der Waals surface area (Å²) in [5.74, 6) is 0. The Kier molecular flexibility index (Phi) is 5.17. The largest absolute Gasteiger partial charge is 0.379 e. The highest BCUT2D eigenvalue weighted by atomic mass is 35.7. The van der Waals surface area contributed by atoms with Crippen LogP contribution in [0.15, 0.2) is 13.5 Å². The van der Waals surface area contributed by atoms with E-state index in [-0.39, 0.29) is 0 Å². The molecule has 5 aliphatic heterocycles. The molecule has 4 fully saturated rings. The van der Waals surface area contributed by atoms with E-state index in [1.54, 1.807) is 0 Å². The van der Waals surface area contributed by atoms with Crippen LogP contribution in [0.3, 0.4) is 0 Å². The van der Waals surface area contributed by atoms with Crippen molar-refractivity contribution in [2.75, 3.05) is 78.8 Å². The van der Waals surface area contributed by atoms with Crippen molar-refractivity contribution in [2.45, 2.75) is 0 Å². The number of nitrogens with zero attached hydrogens (tertiary/aromatic N) is 7. The van der Waals surface area contributed by atoms with Gasteiger partial charge >= 0.3 is 0 Å². The number of halogens is 2. The molecule has 0 spiro atoms. The Morgan fingerprint density at radius 1 is 0.538 bits per heavy atom. The minimum Gasteiger partial charge on any atom is -0.379 e. The summed E-state index contributed by atoms with van der Waals surface area (Å²) in [6, 6.07) is 0. The monoisotopic (exact) mass is 461 g/mol. The average molecular weight is 462 g/mol. The molecule has 0 saturated carbocycles. The van der Waals surface area contributed by atoms with Gasteiger partial charge in [-0.05, 0) is 22.5 Å². The van der Waals surface area contributed by atoms with Gasteiger partial charge in [0.2, 0.25) is 20.9 Å². The zero-order valence-corrected chi connectivity index (χ0v) is 18.7. The number of hydrogen-bond donors (Lipinski definition) is 0. The zero-order chi connectivity index (χ0) is 17.8. The molecule has 0 aromatic rings. The van der Waals surface area contributed by atoms with Gasteiger partial charge in [0.1, 0.15) is 0 Å². The molecule has 14 heteroatoms. The molecule has 5 rings (SSSR count). The summed E-state index contributed by atoms with van der Waals surface area (Å²) in [5, 5.41) is 0. The Balaban J connectivity index is 1.65. The summed E-state index contributed by atoms with van der Waals surface area (Å²) in [4.78, 5) is 0. The standard InChI is InChI=1S/C12H24Cl2N7O2P3/c13-24(18-5-9-22-10-6-18)15-25(14,19-7-11-23-12-8-19)17-26(16-24,20-1-2-20)21-3-4-21/h1-12H2/t24-,25-/m0/s1. The SMILES string of the molecule is Cl[P@@]1(N2CCOCC2)=NP(N2CC2)(N2CC2)=N[P@@](Cl)(N2CCOCC2)=N1. The molecule has 0 unspecified atom stereocenters. The molecule has 2 atom stereocenters. The molecule has 5 heterocycles. The number of rotatable bonds is 4. The maximum Gasteiger partial charge on any atom is 0.239 e. The summed E-state index contributed by atoms with van der Waals surface area (Å²) in [6.07, 6.45) is 0. The Labute approximate surface area is 164 Å². The van der Waals surface area contributed by atoms with Crippen molar-refractivity contribution < 1.29 is 9.47 Å². The van der Waals surface area contributed by atoms with E-state index in [2.05, 4.69) is 18.7 Å². The van der Waals surface area contributed by atoms with Gasteiger partial charge in [-0.15, -0.1) is 0 Å². The zero-order valence-electron chi connectivity index (χ0n) is 14.5.